The van der Waals surface area contributed by atoms with Gasteiger partial charge in [0.1, 0.15) is 0 Å². The summed E-state index contributed by atoms with van der Waals surface area (Å²) in [6, 6.07) is 0. The Labute approximate surface area is 129 Å². The van der Waals surface area contributed by atoms with Gasteiger partial charge in [-0.1, -0.05) is 89.7 Å². The van der Waals surface area contributed by atoms with Crippen molar-refractivity contribution >= 4 is 0 Å². The van der Waals surface area contributed by atoms with Crippen LogP contribution in [-0.4, -0.2) is 0 Å². The molecule has 0 spiro atoms. The molecule has 0 aliphatic heterocycles. The summed E-state index contributed by atoms with van der Waals surface area (Å²) in [7, 11) is 0. The molecule has 0 amide bonds. The van der Waals surface area contributed by atoms with E-state index in [4.69, 9.17) is 0 Å². The zero-order valence-electron chi connectivity index (χ0n) is 14.9. The van der Waals surface area contributed by atoms with Crippen LogP contribution in [0.25, 0.3) is 0 Å². The van der Waals surface area contributed by atoms with Gasteiger partial charge in [0.25, 0.3) is 0 Å². The normalized spacial score (nSPS) is 12.6. The third kappa shape index (κ3) is 11.6. The first-order valence-corrected chi connectivity index (χ1v) is 9.43. The van der Waals surface area contributed by atoms with Gasteiger partial charge in [-0.3, -0.25) is 0 Å². The van der Waals surface area contributed by atoms with Crippen molar-refractivity contribution in [2.75, 3.05) is 0 Å². The third-order valence-electron chi connectivity index (χ3n) is 4.52. The maximum absolute atomic E-state index is 2.39. The number of rotatable bonds is 14. The van der Waals surface area contributed by atoms with E-state index in [0.29, 0.717) is 0 Å². The Morgan fingerprint density at radius 2 is 1.00 bits per heavy atom. The Hall–Kier alpha value is -0.260. The lowest BCUT2D eigenvalue weighted by molar-refractivity contribution is 0.600. The van der Waals surface area contributed by atoms with Crippen LogP contribution in [0.2, 0.25) is 0 Å². The van der Waals surface area contributed by atoms with Gasteiger partial charge in [-0.05, 0) is 39.0 Å². The smallest absolute Gasteiger partial charge is 0.0318 e. The van der Waals surface area contributed by atoms with Crippen molar-refractivity contribution in [2.45, 2.75) is 118 Å². The first kappa shape index (κ1) is 19.7. The van der Waals surface area contributed by atoms with Gasteiger partial charge in [0.2, 0.25) is 0 Å². The maximum Gasteiger partial charge on any atom is -0.0318 e. The summed E-state index contributed by atoms with van der Waals surface area (Å²) < 4.78 is 0. The lowest BCUT2D eigenvalue weighted by Gasteiger charge is -2.11. The molecule has 0 rings (SSSR count). The fraction of sp³-hybridized carbons (Fsp3) is 0.900. The first-order chi connectivity index (χ1) is 9.76. The summed E-state index contributed by atoms with van der Waals surface area (Å²) in [5, 5.41) is 0. The first-order valence-electron chi connectivity index (χ1n) is 9.43. The van der Waals surface area contributed by atoms with Crippen molar-refractivity contribution in [3.8, 4) is 0 Å². The van der Waals surface area contributed by atoms with Crippen molar-refractivity contribution in [2.24, 2.45) is 0 Å². The number of hydrogen-bond donors (Lipinski definition) is 0. The van der Waals surface area contributed by atoms with Gasteiger partial charge in [0, 0.05) is 0 Å². The number of unbranched alkanes of at least 4 members (excludes halogenated alkanes) is 9. The lowest BCUT2D eigenvalue weighted by Crippen LogP contribution is -1.91. The Morgan fingerprint density at radius 1 is 0.550 bits per heavy atom. The quantitative estimate of drug-likeness (QED) is 0.225. The molecule has 0 aliphatic carbocycles. The van der Waals surface area contributed by atoms with E-state index in [1.807, 2.05) is 0 Å². The molecule has 120 valence electrons. The van der Waals surface area contributed by atoms with Crippen molar-refractivity contribution in [3.63, 3.8) is 0 Å². The molecule has 20 heavy (non-hydrogen) atoms. The topological polar surface area (TPSA) is 0 Å². The summed E-state index contributed by atoms with van der Waals surface area (Å²) >= 11 is 0. The summed E-state index contributed by atoms with van der Waals surface area (Å²) in [5.74, 6) is 0. The van der Waals surface area contributed by atoms with E-state index in [-0.39, 0.29) is 0 Å². The van der Waals surface area contributed by atoms with Crippen molar-refractivity contribution in [1.82, 2.24) is 0 Å². The molecular weight excluding hydrogens is 240 g/mol. The minimum absolute atomic E-state index is 1.27. The van der Waals surface area contributed by atoms with Gasteiger partial charge in [0.05, 0.1) is 0 Å². The highest BCUT2D eigenvalue weighted by atomic mass is 14.1. The van der Waals surface area contributed by atoms with Crippen LogP contribution in [0.4, 0.5) is 0 Å². The molecule has 0 aliphatic rings. The monoisotopic (exact) mass is 280 g/mol. The Morgan fingerprint density at radius 3 is 1.50 bits per heavy atom. The van der Waals surface area contributed by atoms with E-state index in [1.54, 1.807) is 11.1 Å². The molecule has 0 nitrogen and oxygen atoms in total. The van der Waals surface area contributed by atoms with Crippen molar-refractivity contribution in [3.05, 3.63) is 11.1 Å². The largest absolute Gasteiger partial charge is 0.0741 e. The Bertz CT molecular complexity index is 224. The fourth-order valence-electron chi connectivity index (χ4n) is 2.98. The van der Waals surface area contributed by atoms with Gasteiger partial charge in [-0.25, -0.2) is 0 Å². The summed E-state index contributed by atoms with van der Waals surface area (Å²) in [4.78, 5) is 0. The average Bonchev–Trinajstić information content (AvgIpc) is 2.46. The minimum Gasteiger partial charge on any atom is -0.0741 e. The molecule has 0 aromatic carbocycles. The highest BCUT2D eigenvalue weighted by Crippen LogP contribution is 2.21. The molecule has 0 bridgehead atoms. The van der Waals surface area contributed by atoms with E-state index in [9.17, 15) is 0 Å². The van der Waals surface area contributed by atoms with Gasteiger partial charge < -0.3 is 0 Å². The van der Waals surface area contributed by atoms with Crippen LogP contribution in [-0.2, 0) is 0 Å². The van der Waals surface area contributed by atoms with Crippen LogP contribution in [0, 0.1) is 0 Å². The molecule has 0 radical (unpaired) electrons. The molecule has 0 aromatic heterocycles. The lowest BCUT2D eigenvalue weighted by atomic mass is 9.96. The van der Waals surface area contributed by atoms with E-state index in [0.717, 1.165) is 0 Å². The molecule has 0 heterocycles. The number of hydrogen-bond acceptors (Lipinski definition) is 0. The summed E-state index contributed by atoms with van der Waals surface area (Å²) in [6.45, 7) is 9.31. The van der Waals surface area contributed by atoms with Crippen LogP contribution < -0.4 is 0 Å². The SMILES string of the molecule is CCCCCCCC/C(C)=C(/CC)CCCCCCC. The molecule has 0 fully saturated rings. The van der Waals surface area contributed by atoms with Crippen LogP contribution in [0.3, 0.4) is 0 Å². The molecule has 0 aromatic rings. The van der Waals surface area contributed by atoms with Gasteiger partial charge >= 0.3 is 0 Å². The standard InChI is InChI=1S/C20H40/c1-5-8-10-12-14-15-17-19(4)20(7-3)18-16-13-11-9-6-2/h5-18H2,1-4H3/b20-19-. The predicted molar refractivity (Wildman–Crippen MR) is 94.4 cm³/mol. The minimum atomic E-state index is 1.27. The Balaban J connectivity index is 3.74. The Kier molecular flexibility index (Phi) is 14.9. The van der Waals surface area contributed by atoms with E-state index < -0.39 is 0 Å². The molecule has 0 atom stereocenters. The van der Waals surface area contributed by atoms with Crippen molar-refractivity contribution < 1.29 is 0 Å². The van der Waals surface area contributed by atoms with Gasteiger partial charge in [-0.2, -0.15) is 0 Å². The van der Waals surface area contributed by atoms with Crippen LogP contribution in [0.1, 0.15) is 118 Å². The molecule has 0 heteroatoms. The second-order valence-corrected chi connectivity index (χ2v) is 6.42. The maximum atomic E-state index is 2.39. The zero-order valence-corrected chi connectivity index (χ0v) is 14.9. The molecular formula is C20H40. The highest BCUT2D eigenvalue weighted by Gasteiger charge is 2.01. The predicted octanol–water partition coefficient (Wildman–Crippen LogP) is 7.82. The van der Waals surface area contributed by atoms with Gasteiger partial charge in [-0.15, -0.1) is 0 Å². The second-order valence-electron chi connectivity index (χ2n) is 6.42. The van der Waals surface area contributed by atoms with Crippen LogP contribution >= 0.6 is 0 Å². The molecule has 0 unspecified atom stereocenters. The molecule has 0 saturated carbocycles. The van der Waals surface area contributed by atoms with Crippen molar-refractivity contribution in [1.29, 1.82) is 0 Å². The third-order valence-corrected chi connectivity index (χ3v) is 4.52. The van der Waals surface area contributed by atoms with Gasteiger partial charge in [0.15, 0.2) is 0 Å². The summed E-state index contributed by atoms with van der Waals surface area (Å²) in [5.41, 5.74) is 3.47. The van der Waals surface area contributed by atoms with E-state index >= 15 is 0 Å². The van der Waals surface area contributed by atoms with Crippen LogP contribution in [0.5, 0.6) is 0 Å². The second kappa shape index (κ2) is 15.1. The van der Waals surface area contributed by atoms with E-state index in [1.165, 1.54) is 89.9 Å². The molecule has 0 saturated heterocycles. The molecule has 0 N–H and O–H groups in total. The van der Waals surface area contributed by atoms with Crippen LogP contribution in [0.15, 0.2) is 11.1 Å². The highest BCUT2D eigenvalue weighted by molar-refractivity contribution is 5.11. The zero-order chi connectivity index (χ0) is 15.1. The average molecular weight is 281 g/mol. The number of allylic oxidation sites excluding steroid dienone is 2. The summed E-state index contributed by atoms with van der Waals surface area (Å²) in [6.07, 6.45) is 19.6. The van der Waals surface area contributed by atoms with E-state index in [2.05, 4.69) is 27.7 Å². The fourth-order valence-corrected chi connectivity index (χ4v) is 2.98.